The maximum absolute atomic E-state index is 11.4. The number of carbonyl (C=O) groups is 2. The molecule has 1 aromatic heterocycles. The minimum Gasteiger partial charge on any atom is -0.460 e. The molecule has 1 amide bonds. The molecule has 6 heteroatoms. The highest BCUT2D eigenvalue weighted by Crippen LogP contribution is 2.02. The zero-order valence-corrected chi connectivity index (χ0v) is 8.90. The fourth-order valence-corrected chi connectivity index (χ4v) is 0.961. The number of aromatic nitrogens is 1. The second-order valence-electron chi connectivity index (χ2n) is 3.04. The van der Waals surface area contributed by atoms with E-state index in [9.17, 15) is 9.59 Å². The molecule has 0 aliphatic heterocycles. The van der Waals surface area contributed by atoms with Crippen LogP contribution in [0.1, 0.15) is 16.9 Å². The van der Waals surface area contributed by atoms with E-state index in [4.69, 9.17) is 10.5 Å². The van der Waals surface area contributed by atoms with Gasteiger partial charge in [0.2, 0.25) is 5.91 Å². The van der Waals surface area contributed by atoms with Crippen LogP contribution in [0.3, 0.4) is 0 Å². The quantitative estimate of drug-likeness (QED) is 0.698. The minimum atomic E-state index is -0.566. The molecule has 0 aromatic carbocycles. The number of pyridine rings is 1. The average molecular weight is 223 g/mol. The van der Waals surface area contributed by atoms with Gasteiger partial charge < -0.3 is 15.8 Å². The molecule has 0 spiro atoms. The number of rotatable bonds is 4. The molecule has 0 aliphatic carbocycles. The number of amides is 1. The summed E-state index contributed by atoms with van der Waals surface area (Å²) in [5, 5.41) is 2.42. The van der Waals surface area contributed by atoms with Gasteiger partial charge in [-0.1, -0.05) is 0 Å². The van der Waals surface area contributed by atoms with Crippen molar-refractivity contribution in [3.8, 4) is 0 Å². The van der Waals surface area contributed by atoms with Crippen LogP contribution in [0.15, 0.2) is 18.3 Å². The maximum atomic E-state index is 11.4. The van der Waals surface area contributed by atoms with Gasteiger partial charge in [-0.15, -0.1) is 0 Å². The molecule has 0 radical (unpaired) electrons. The Labute approximate surface area is 92.8 Å². The van der Waals surface area contributed by atoms with Crippen molar-refractivity contribution in [1.29, 1.82) is 0 Å². The van der Waals surface area contributed by atoms with Crippen molar-refractivity contribution in [2.24, 2.45) is 0 Å². The second-order valence-corrected chi connectivity index (χ2v) is 3.04. The lowest BCUT2D eigenvalue weighted by atomic mass is 10.3. The molecule has 86 valence electrons. The van der Waals surface area contributed by atoms with E-state index in [2.05, 4.69) is 10.3 Å². The molecule has 16 heavy (non-hydrogen) atoms. The monoisotopic (exact) mass is 223 g/mol. The number of carbonyl (C=O) groups excluding carboxylic acids is 2. The third kappa shape index (κ3) is 3.56. The predicted molar refractivity (Wildman–Crippen MR) is 57.6 cm³/mol. The van der Waals surface area contributed by atoms with E-state index < -0.39 is 5.97 Å². The summed E-state index contributed by atoms with van der Waals surface area (Å²) in [6.45, 7) is 0.0323. The Balaban J connectivity index is 2.41. The number of nitrogens with two attached hydrogens (primary N) is 1. The van der Waals surface area contributed by atoms with E-state index in [1.807, 2.05) is 0 Å². The third-order valence-electron chi connectivity index (χ3n) is 1.84. The molecule has 0 bridgehead atoms. The molecule has 0 unspecified atom stereocenters. The number of hydrogen-bond donors (Lipinski definition) is 2. The van der Waals surface area contributed by atoms with Crippen molar-refractivity contribution in [1.82, 2.24) is 10.3 Å². The molecule has 6 nitrogen and oxygen atoms in total. The molecule has 0 atom stereocenters. The Morgan fingerprint density at radius 3 is 2.81 bits per heavy atom. The smallest absolute Gasteiger partial charge is 0.356 e. The van der Waals surface area contributed by atoms with Gasteiger partial charge in [-0.2, -0.15) is 0 Å². The van der Waals surface area contributed by atoms with Crippen LogP contribution in [0.4, 0.5) is 5.69 Å². The summed E-state index contributed by atoms with van der Waals surface area (Å²) in [5.41, 5.74) is 6.06. The van der Waals surface area contributed by atoms with Crippen LogP contribution >= 0.6 is 0 Å². The van der Waals surface area contributed by atoms with Gasteiger partial charge in [0.05, 0.1) is 18.3 Å². The number of nitrogen functional groups attached to an aromatic ring is 1. The first-order valence-corrected chi connectivity index (χ1v) is 4.72. The van der Waals surface area contributed by atoms with E-state index in [1.54, 1.807) is 6.07 Å². The van der Waals surface area contributed by atoms with Crippen LogP contribution in [-0.2, 0) is 9.53 Å². The van der Waals surface area contributed by atoms with Crippen LogP contribution in [0.2, 0.25) is 0 Å². The lowest BCUT2D eigenvalue weighted by Crippen LogP contribution is -2.20. The largest absolute Gasteiger partial charge is 0.460 e. The Hall–Kier alpha value is -2.11. The van der Waals surface area contributed by atoms with Crippen molar-refractivity contribution in [2.75, 3.05) is 19.4 Å². The van der Waals surface area contributed by atoms with E-state index in [-0.39, 0.29) is 24.6 Å². The highest BCUT2D eigenvalue weighted by Gasteiger charge is 2.08. The second kappa shape index (κ2) is 5.69. The first-order chi connectivity index (χ1) is 7.63. The number of nitrogens with one attached hydrogen (secondary N) is 1. The third-order valence-corrected chi connectivity index (χ3v) is 1.84. The Morgan fingerprint density at radius 2 is 2.25 bits per heavy atom. The first-order valence-electron chi connectivity index (χ1n) is 4.72. The van der Waals surface area contributed by atoms with Gasteiger partial charge in [-0.25, -0.2) is 9.78 Å². The molecule has 0 fully saturated rings. The van der Waals surface area contributed by atoms with Crippen molar-refractivity contribution in [3.63, 3.8) is 0 Å². The van der Waals surface area contributed by atoms with Crippen molar-refractivity contribution in [2.45, 2.75) is 6.42 Å². The fraction of sp³-hybridized carbons (Fsp3) is 0.300. The van der Waals surface area contributed by atoms with Gasteiger partial charge in [0.1, 0.15) is 12.3 Å². The highest BCUT2D eigenvalue weighted by molar-refractivity contribution is 5.87. The van der Waals surface area contributed by atoms with Gasteiger partial charge in [0.15, 0.2) is 0 Å². The lowest BCUT2D eigenvalue weighted by molar-refractivity contribution is -0.121. The van der Waals surface area contributed by atoms with Crippen molar-refractivity contribution < 1.29 is 14.3 Å². The van der Waals surface area contributed by atoms with Crippen LogP contribution in [0.25, 0.3) is 0 Å². The zero-order valence-electron chi connectivity index (χ0n) is 8.90. The van der Waals surface area contributed by atoms with Crippen molar-refractivity contribution in [3.05, 3.63) is 24.0 Å². The average Bonchev–Trinajstić information content (AvgIpc) is 2.29. The molecular weight excluding hydrogens is 210 g/mol. The highest BCUT2D eigenvalue weighted by atomic mass is 16.5. The molecular formula is C10H13N3O3. The summed E-state index contributed by atoms with van der Waals surface area (Å²) < 4.78 is 4.84. The van der Waals surface area contributed by atoms with E-state index >= 15 is 0 Å². The standard InChI is InChI=1S/C10H13N3O3/c1-12-9(14)4-5-16-10(15)8-3-2-7(11)6-13-8/h2-3,6H,4-5,11H2,1H3,(H,12,14). The first kappa shape index (κ1) is 12.0. The Bertz CT molecular complexity index is 375. The van der Waals surface area contributed by atoms with Crippen LogP contribution in [0, 0.1) is 0 Å². The van der Waals surface area contributed by atoms with Gasteiger partial charge in [-0.3, -0.25) is 4.79 Å². The van der Waals surface area contributed by atoms with Crippen LogP contribution in [-0.4, -0.2) is 30.5 Å². The van der Waals surface area contributed by atoms with Gasteiger partial charge >= 0.3 is 5.97 Å². The molecule has 1 heterocycles. The SMILES string of the molecule is CNC(=O)CCOC(=O)c1ccc(N)cn1. The molecule has 0 aliphatic rings. The summed E-state index contributed by atoms with van der Waals surface area (Å²) in [6, 6.07) is 3.03. The molecule has 3 N–H and O–H groups in total. The Morgan fingerprint density at radius 1 is 1.50 bits per heavy atom. The van der Waals surface area contributed by atoms with Gasteiger partial charge in [0.25, 0.3) is 0 Å². The summed E-state index contributed by atoms with van der Waals surface area (Å²) in [4.78, 5) is 26.0. The Kier molecular flexibility index (Phi) is 4.26. The van der Waals surface area contributed by atoms with Crippen LogP contribution in [0.5, 0.6) is 0 Å². The maximum Gasteiger partial charge on any atom is 0.356 e. The van der Waals surface area contributed by atoms with E-state index in [1.165, 1.54) is 19.3 Å². The molecule has 0 saturated heterocycles. The van der Waals surface area contributed by atoms with E-state index in [0.717, 1.165) is 0 Å². The summed E-state index contributed by atoms with van der Waals surface area (Å²) >= 11 is 0. The van der Waals surface area contributed by atoms with Crippen LogP contribution < -0.4 is 11.1 Å². The minimum absolute atomic E-state index is 0.0323. The molecule has 1 aromatic rings. The number of anilines is 1. The van der Waals surface area contributed by atoms with E-state index in [0.29, 0.717) is 5.69 Å². The number of esters is 1. The normalized spacial score (nSPS) is 9.56. The predicted octanol–water partition coefficient (Wildman–Crippen LogP) is -0.0433. The zero-order chi connectivity index (χ0) is 12.0. The molecule has 1 rings (SSSR count). The summed E-state index contributed by atoms with van der Waals surface area (Å²) in [5.74, 6) is -0.748. The number of hydrogen-bond acceptors (Lipinski definition) is 5. The fourth-order valence-electron chi connectivity index (χ4n) is 0.961. The van der Waals surface area contributed by atoms with Gasteiger partial charge in [0, 0.05) is 7.05 Å². The summed E-state index contributed by atoms with van der Waals surface area (Å²) in [6.07, 6.45) is 1.51. The topological polar surface area (TPSA) is 94.3 Å². The van der Waals surface area contributed by atoms with Gasteiger partial charge in [-0.05, 0) is 12.1 Å². The lowest BCUT2D eigenvalue weighted by Gasteiger charge is -2.03. The van der Waals surface area contributed by atoms with Crippen molar-refractivity contribution >= 4 is 17.6 Å². The number of ether oxygens (including phenoxy) is 1. The molecule has 0 saturated carbocycles. The summed E-state index contributed by atoms with van der Waals surface area (Å²) in [7, 11) is 1.52. The number of nitrogens with zero attached hydrogens (tertiary/aromatic N) is 1.